The highest BCUT2D eigenvalue weighted by Crippen LogP contribution is 2.38. The maximum absolute atomic E-state index is 9.09. The number of pyridine rings is 1. The lowest BCUT2D eigenvalue weighted by Crippen LogP contribution is -2.15. The smallest absolute Gasteiger partial charge is 0.160 e. The van der Waals surface area contributed by atoms with E-state index in [4.69, 9.17) is 10.8 Å². The lowest BCUT2D eigenvalue weighted by molar-refractivity contribution is 0.268. The zero-order valence-electron chi connectivity index (χ0n) is 8.87. The molecule has 0 bridgehead atoms. The average Bonchev–Trinajstić information content (AvgIpc) is 3.07. The number of nitrogens with zero attached hydrogens (tertiary/aromatic N) is 3. The lowest BCUT2D eigenvalue weighted by Gasteiger charge is -2.08. The Bertz CT molecular complexity index is 518. The molecule has 2 heterocycles. The molecule has 1 aliphatic carbocycles. The number of fused-ring (bicyclic) bond motifs is 1. The van der Waals surface area contributed by atoms with Crippen LogP contribution < -0.4 is 5.73 Å². The molecule has 1 unspecified atom stereocenters. The molecule has 0 aliphatic heterocycles. The number of aromatic nitrogens is 3. The van der Waals surface area contributed by atoms with E-state index in [0.29, 0.717) is 5.92 Å². The van der Waals surface area contributed by atoms with Gasteiger partial charge in [-0.3, -0.25) is 0 Å². The highest BCUT2D eigenvalue weighted by molar-refractivity contribution is 5.49. The first-order chi connectivity index (χ1) is 7.79. The maximum Gasteiger partial charge on any atom is 0.160 e. The van der Waals surface area contributed by atoms with Gasteiger partial charge in [-0.25, -0.2) is 9.50 Å². The molecule has 0 spiro atoms. The van der Waals surface area contributed by atoms with E-state index in [-0.39, 0.29) is 12.6 Å². The van der Waals surface area contributed by atoms with Gasteiger partial charge in [0.15, 0.2) is 11.5 Å². The van der Waals surface area contributed by atoms with Crippen LogP contribution in [-0.2, 0) is 0 Å². The first kappa shape index (κ1) is 9.74. The monoisotopic (exact) mass is 218 g/mol. The molecule has 0 amide bonds. The van der Waals surface area contributed by atoms with Crippen LogP contribution in [0.3, 0.4) is 0 Å². The van der Waals surface area contributed by atoms with Crippen molar-refractivity contribution in [3.8, 4) is 0 Å². The Hall–Kier alpha value is -1.46. The van der Waals surface area contributed by atoms with E-state index in [1.54, 1.807) is 4.52 Å². The molecule has 0 radical (unpaired) electrons. The number of rotatable bonds is 3. The van der Waals surface area contributed by atoms with E-state index in [0.717, 1.165) is 17.0 Å². The van der Waals surface area contributed by atoms with Crippen molar-refractivity contribution in [3.05, 3.63) is 29.7 Å². The largest absolute Gasteiger partial charge is 0.394 e. The summed E-state index contributed by atoms with van der Waals surface area (Å²) in [6.45, 7) is -0.0781. The van der Waals surface area contributed by atoms with Crippen molar-refractivity contribution >= 4 is 5.65 Å². The highest BCUT2D eigenvalue weighted by atomic mass is 16.3. The summed E-state index contributed by atoms with van der Waals surface area (Å²) in [6, 6.07) is 3.38. The summed E-state index contributed by atoms with van der Waals surface area (Å²) in [5.74, 6) is 1.43. The van der Waals surface area contributed by atoms with Crippen LogP contribution in [-0.4, -0.2) is 26.3 Å². The van der Waals surface area contributed by atoms with Gasteiger partial charge >= 0.3 is 0 Å². The summed E-state index contributed by atoms with van der Waals surface area (Å²) in [6.07, 6.45) is 4.22. The predicted molar refractivity (Wildman–Crippen MR) is 59.0 cm³/mol. The van der Waals surface area contributed by atoms with Gasteiger partial charge in [0.05, 0.1) is 12.6 Å². The average molecular weight is 218 g/mol. The van der Waals surface area contributed by atoms with Gasteiger partial charge in [0.1, 0.15) is 0 Å². The van der Waals surface area contributed by atoms with Gasteiger partial charge in [-0.2, -0.15) is 5.10 Å². The number of aliphatic hydroxyl groups is 1. The summed E-state index contributed by atoms with van der Waals surface area (Å²) in [7, 11) is 0. The molecule has 5 heteroatoms. The van der Waals surface area contributed by atoms with Gasteiger partial charge < -0.3 is 10.8 Å². The number of hydrogen-bond donors (Lipinski definition) is 2. The molecule has 1 aliphatic rings. The molecule has 84 valence electrons. The summed E-state index contributed by atoms with van der Waals surface area (Å²) in [5.41, 5.74) is 7.45. The van der Waals surface area contributed by atoms with Crippen molar-refractivity contribution in [1.29, 1.82) is 0 Å². The number of aliphatic hydroxyl groups excluding tert-OH is 1. The zero-order chi connectivity index (χ0) is 11.1. The van der Waals surface area contributed by atoms with Crippen molar-refractivity contribution in [2.75, 3.05) is 6.61 Å². The molecule has 0 aromatic carbocycles. The number of nitrogens with two attached hydrogens (primary N) is 1. The fraction of sp³-hybridized carbons (Fsp3) is 0.455. The van der Waals surface area contributed by atoms with E-state index < -0.39 is 0 Å². The van der Waals surface area contributed by atoms with Crippen LogP contribution in [0, 0.1) is 0 Å². The Morgan fingerprint density at radius 1 is 1.56 bits per heavy atom. The molecule has 2 aromatic rings. The SMILES string of the molecule is NC(CO)c1cccn2nc(C3CC3)nc12. The van der Waals surface area contributed by atoms with Crippen LogP contribution in [0.2, 0.25) is 0 Å². The second kappa shape index (κ2) is 3.54. The fourth-order valence-electron chi connectivity index (χ4n) is 1.85. The quantitative estimate of drug-likeness (QED) is 0.791. The van der Waals surface area contributed by atoms with Crippen molar-refractivity contribution in [2.24, 2.45) is 5.73 Å². The Kier molecular flexibility index (Phi) is 2.15. The van der Waals surface area contributed by atoms with Crippen LogP contribution in [0.5, 0.6) is 0 Å². The molecule has 16 heavy (non-hydrogen) atoms. The second-order valence-electron chi connectivity index (χ2n) is 4.27. The Balaban J connectivity index is 2.13. The van der Waals surface area contributed by atoms with Crippen LogP contribution in [0.4, 0.5) is 0 Å². The molecule has 1 fully saturated rings. The standard InChI is InChI=1S/C11H14N4O/c12-9(6-16)8-2-1-5-15-11(8)13-10(14-15)7-3-4-7/h1-2,5,7,9,16H,3-4,6,12H2. The molecule has 3 N–H and O–H groups in total. The molecular formula is C11H14N4O. The topological polar surface area (TPSA) is 76.4 Å². The summed E-state index contributed by atoms with van der Waals surface area (Å²) in [4.78, 5) is 4.50. The van der Waals surface area contributed by atoms with Crippen LogP contribution >= 0.6 is 0 Å². The fourth-order valence-corrected chi connectivity index (χ4v) is 1.85. The molecule has 2 aromatic heterocycles. The van der Waals surface area contributed by atoms with Crippen LogP contribution in [0.15, 0.2) is 18.3 Å². The molecule has 5 nitrogen and oxygen atoms in total. The normalized spacial score (nSPS) is 17.9. The molecule has 0 saturated heterocycles. The second-order valence-corrected chi connectivity index (χ2v) is 4.27. The molecule has 3 rings (SSSR count). The van der Waals surface area contributed by atoms with Crippen molar-refractivity contribution < 1.29 is 5.11 Å². The number of hydrogen-bond acceptors (Lipinski definition) is 4. The van der Waals surface area contributed by atoms with Gasteiger partial charge in [-0.1, -0.05) is 6.07 Å². The summed E-state index contributed by atoms with van der Waals surface area (Å²) < 4.78 is 1.75. The minimum atomic E-state index is -0.389. The van der Waals surface area contributed by atoms with Gasteiger partial charge in [-0.15, -0.1) is 0 Å². The molecule has 1 saturated carbocycles. The van der Waals surface area contributed by atoms with Gasteiger partial charge in [0, 0.05) is 17.7 Å². The van der Waals surface area contributed by atoms with E-state index in [9.17, 15) is 0 Å². The van der Waals surface area contributed by atoms with Crippen molar-refractivity contribution in [3.63, 3.8) is 0 Å². The Morgan fingerprint density at radius 2 is 2.38 bits per heavy atom. The lowest BCUT2D eigenvalue weighted by atomic mass is 10.1. The van der Waals surface area contributed by atoms with E-state index >= 15 is 0 Å². The van der Waals surface area contributed by atoms with Crippen molar-refractivity contribution in [2.45, 2.75) is 24.8 Å². The van der Waals surface area contributed by atoms with Crippen LogP contribution in [0.1, 0.15) is 36.2 Å². The Morgan fingerprint density at radius 3 is 3.06 bits per heavy atom. The maximum atomic E-state index is 9.09. The third-order valence-electron chi connectivity index (χ3n) is 2.95. The first-order valence-corrected chi connectivity index (χ1v) is 5.51. The Labute approximate surface area is 92.9 Å². The summed E-state index contributed by atoms with van der Waals surface area (Å²) >= 11 is 0. The predicted octanol–water partition coefficient (Wildman–Crippen LogP) is 0.599. The first-order valence-electron chi connectivity index (χ1n) is 5.51. The highest BCUT2D eigenvalue weighted by Gasteiger charge is 2.28. The zero-order valence-corrected chi connectivity index (χ0v) is 8.87. The van der Waals surface area contributed by atoms with E-state index in [1.807, 2.05) is 18.3 Å². The van der Waals surface area contributed by atoms with Crippen LogP contribution in [0.25, 0.3) is 5.65 Å². The third-order valence-corrected chi connectivity index (χ3v) is 2.95. The molecular weight excluding hydrogens is 204 g/mol. The minimum absolute atomic E-state index is 0.0781. The molecule has 1 atom stereocenters. The summed E-state index contributed by atoms with van der Waals surface area (Å²) in [5, 5.41) is 13.5. The minimum Gasteiger partial charge on any atom is -0.394 e. The van der Waals surface area contributed by atoms with Gasteiger partial charge in [-0.05, 0) is 18.9 Å². The third kappa shape index (κ3) is 1.48. The van der Waals surface area contributed by atoms with Gasteiger partial charge in [0.25, 0.3) is 0 Å². The van der Waals surface area contributed by atoms with E-state index in [2.05, 4.69) is 10.1 Å². The van der Waals surface area contributed by atoms with Crippen molar-refractivity contribution in [1.82, 2.24) is 14.6 Å². The van der Waals surface area contributed by atoms with E-state index in [1.165, 1.54) is 12.8 Å². The van der Waals surface area contributed by atoms with Gasteiger partial charge in [0.2, 0.25) is 0 Å².